The fraction of sp³-hybridized carbons (Fsp3) is 0.457. The summed E-state index contributed by atoms with van der Waals surface area (Å²) in [5.74, 6) is 0.542. The van der Waals surface area contributed by atoms with Gasteiger partial charge in [0.2, 0.25) is 0 Å². The number of amides is 2. The highest BCUT2D eigenvalue weighted by atomic mass is 19.1. The number of hydrogen-bond acceptors (Lipinski definition) is 10. The zero-order valence-electron chi connectivity index (χ0n) is 28.1. The van der Waals surface area contributed by atoms with Crippen molar-refractivity contribution in [1.82, 2.24) is 19.9 Å². The zero-order valence-corrected chi connectivity index (χ0v) is 28.1. The Morgan fingerprint density at radius 1 is 1.29 bits per heavy atom. The number of aromatic nitrogens is 3. The second-order valence-corrected chi connectivity index (χ2v) is 13.6. The van der Waals surface area contributed by atoms with Crippen molar-refractivity contribution < 1.29 is 23.5 Å². The van der Waals surface area contributed by atoms with Gasteiger partial charge in [-0.2, -0.15) is 5.26 Å². The van der Waals surface area contributed by atoms with Crippen LogP contribution in [0.5, 0.6) is 5.75 Å². The maximum atomic E-state index is 13.4. The van der Waals surface area contributed by atoms with Crippen LogP contribution in [0.15, 0.2) is 30.6 Å². The topological polar surface area (TPSA) is 157 Å². The molecular weight excluding hydrogens is 615 g/mol. The summed E-state index contributed by atoms with van der Waals surface area (Å²) in [6, 6.07) is 7.56. The Morgan fingerprint density at radius 2 is 2.02 bits per heavy atom. The first-order chi connectivity index (χ1) is 22.8. The van der Waals surface area contributed by atoms with E-state index >= 15 is 0 Å². The molecule has 2 atom stereocenters. The van der Waals surface area contributed by atoms with Crippen LogP contribution in [-0.4, -0.2) is 69.4 Å². The molecule has 0 radical (unpaired) electrons. The summed E-state index contributed by atoms with van der Waals surface area (Å²) >= 11 is 0. The lowest BCUT2D eigenvalue weighted by molar-refractivity contribution is -0.121. The summed E-state index contributed by atoms with van der Waals surface area (Å²) in [5.41, 5.74) is 2.48. The fourth-order valence-electron chi connectivity index (χ4n) is 5.98. The number of carbonyl (C=O) groups is 2. The molecule has 48 heavy (non-hydrogen) atoms. The largest absolute Gasteiger partial charge is 0.482 e. The molecule has 3 aromatic rings. The Balaban J connectivity index is 1.51. The Morgan fingerprint density at radius 3 is 2.65 bits per heavy atom. The molecule has 13 heteroatoms. The third-order valence-electron chi connectivity index (χ3n) is 8.21. The number of carbonyl (C=O) groups excluding carboxylic acids is 2. The Bertz CT molecular complexity index is 1750. The molecule has 1 fully saturated rings. The lowest BCUT2D eigenvalue weighted by Gasteiger charge is -2.38. The van der Waals surface area contributed by atoms with Gasteiger partial charge in [-0.25, -0.2) is 24.1 Å². The minimum Gasteiger partial charge on any atom is -0.482 e. The predicted molar refractivity (Wildman–Crippen MR) is 178 cm³/mol. The van der Waals surface area contributed by atoms with Gasteiger partial charge in [0.15, 0.2) is 12.4 Å². The van der Waals surface area contributed by atoms with Crippen LogP contribution in [0.25, 0.3) is 11.1 Å². The number of fused-ring (bicyclic) bond motifs is 1. The Hall–Kier alpha value is -5.12. The van der Waals surface area contributed by atoms with Gasteiger partial charge in [-0.15, -0.1) is 0 Å². The van der Waals surface area contributed by atoms with E-state index in [0.29, 0.717) is 71.1 Å². The van der Waals surface area contributed by atoms with Crippen LogP contribution < -0.4 is 15.0 Å². The van der Waals surface area contributed by atoms with E-state index in [1.807, 2.05) is 20.8 Å². The highest BCUT2D eigenvalue weighted by Gasteiger charge is 2.33. The molecular formula is C35H41FN8O4. The van der Waals surface area contributed by atoms with Gasteiger partial charge in [0, 0.05) is 36.5 Å². The van der Waals surface area contributed by atoms with Gasteiger partial charge >= 0.3 is 6.09 Å². The van der Waals surface area contributed by atoms with E-state index in [2.05, 4.69) is 42.1 Å². The molecule has 0 unspecified atom stereocenters. The van der Waals surface area contributed by atoms with Crippen LogP contribution in [0.4, 0.5) is 20.7 Å². The minimum atomic E-state index is -0.587. The first-order valence-electron chi connectivity index (χ1n) is 16.0. The molecule has 0 spiro atoms. The maximum Gasteiger partial charge on any atom is 0.410 e. The van der Waals surface area contributed by atoms with Crippen LogP contribution in [-0.2, 0) is 22.5 Å². The fourth-order valence-corrected chi connectivity index (χ4v) is 5.98. The van der Waals surface area contributed by atoms with Crippen molar-refractivity contribution in [2.75, 3.05) is 29.9 Å². The molecule has 0 aliphatic carbocycles. The first-order valence-corrected chi connectivity index (χ1v) is 16.0. The van der Waals surface area contributed by atoms with E-state index in [-0.39, 0.29) is 48.9 Å². The van der Waals surface area contributed by atoms with E-state index in [1.165, 1.54) is 11.1 Å². The molecule has 2 aliphatic heterocycles. The van der Waals surface area contributed by atoms with E-state index in [1.54, 1.807) is 23.1 Å². The van der Waals surface area contributed by atoms with Crippen molar-refractivity contribution in [1.29, 1.82) is 10.7 Å². The second-order valence-electron chi connectivity index (χ2n) is 13.6. The number of piperidine rings is 1. The van der Waals surface area contributed by atoms with Crippen molar-refractivity contribution in [2.24, 2.45) is 11.8 Å². The van der Waals surface area contributed by atoms with E-state index < -0.39 is 11.4 Å². The molecule has 252 valence electrons. The molecule has 2 aliphatic rings. The zero-order chi connectivity index (χ0) is 34.7. The number of anilines is 2. The SMILES string of the molecule is CC(C)Cc1nc(N[C@@H]2CCN(C(=O)OC(C)(C)C)C[C@H]2C)c(C=N)c(-c2ccc3c(c2)OCC(=O)N3Cc2ncc(F)cn2)c1C#N. The molecule has 2 aromatic heterocycles. The number of likely N-dealkylation sites (tertiary alicyclic amines) is 1. The quantitative estimate of drug-likeness (QED) is 0.289. The lowest BCUT2D eigenvalue weighted by Crippen LogP contribution is -2.49. The number of ether oxygens (including phenoxy) is 2. The number of nitrogens with zero attached hydrogens (tertiary/aromatic N) is 6. The number of nitriles is 1. The van der Waals surface area contributed by atoms with Crippen LogP contribution >= 0.6 is 0 Å². The molecule has 2 N–H and O–H groups in total. The molecule has 4 heterocycles. The van der Waals surface area contributed by atoms with Gasteiger partial charge in [-0.05, 0) is 63.1 Å². The molecule has 5 rings (SSSR count). The average Bonchev–Trinajstić information content (AvgIpc) is 3.02. The number of nitrogens with one attached hydrogen (secondary N) is 2. The number of rotatable bonds is 8. The predicted octanol–water partition coefficient (Wildman–Crippen LogP) is 5.73. The third-order valence-corrected chi connectivity index (χ3v) is 8.21. The maximum absolute atomic E-state index is 13.4. The normalized spacial score (nSPS) is 17.8. The van der Waals surface area contributed by atoms with Crippen LogP contribution in [0.1, 0.15) is 70.6 Å². The third kappa shape index (κ3) is 7.54. The van der Waals surface area contributed by atoms with Gasteiger partial charge in [0.05, 0.1) is 35.9 Å². The van der Waals surface area contributed by atoms with Crippen molar-refractivity contribution >= 4 is 29.7 Å². The molecule has 1 aromatic carbocycles. The smallest absolute Gasteiger partial charge is 0.410 e. The van der Waals surface area contributed by atoms with E-state index in [9.17, 15) is 19.2 Å². The van der Waals surface area contributed by atoms with Gasteiger partial charge < -0.3 is 25.1 Å². The van der Waals surface area contributed by atoms with Gasteiger partial charge in [-0.1, -0.05) is 26.8 Å². The van der Waals surface area contributed by atoms with Crippen molar-refractivity contribution in [3.63, 3.8) is 0 Å². The van der Waals surface area contributed by atoms with E-state index in [4.69, 9.17) is 19.9 Å². The summed E-state index contributed by atoms with van der Waals surface area (Å²) < 4.78 is 24.8. The monoisotopic (exact) mass is 656 g/mol. The molecule has 1 saturated heterocycles. The second kappa shape index (κ2) is 13.9. The van der Waals surface area contributed by atoms with Crippen LogP contribution in [0.3, 0.4) is 0 Å². The number of pyridine rings is 1. The lowest BCUT2D eigenvalue weighted by atomic mass is 9.90. The standard InChI is InChI=1S/C35H41FN8O4/c1-20(2)11-27-24(13-37)32(22-7-8-28-29(12-22)47-19-31(45)44(28)18-30-39-15-23(36)16-40-30)25(14-38)33(42-27)41-26-9-10-43(17-21(26)3)34(46)48-35(4,5)6/h7-8,12,14-16,20-21,26,38H,9-11,17-19H2,1-6H3,(H,41,42)/t21-,26-/m1/s1. The average molecular weight is 657 g/mol. The van der Waals surface area contributed by atoms with Crippen molar-refractivity contribution in [3.8, 4) is 22.9 Å². The highest BCUT2D eigenvalue weighted by Crippen LogP contribution is 2.40. The molecule has 12 nitrogen and oxygen atoms in total. The summed E-state index contributed by atoms with van der Waals surface area (Å²) in [6.07, 6.45) is 4.14. The highest BCUT2D eigenvalue weighted by molar-refractivity contribution is 6.00. The molecule has 0 bridgehead atoms. The first kappa shape index (κ1) is 34.2. The number of hydrogen-bond donors (Lipinski definition) is 2. The van der Waals surface area contributed by atoms with Crippen LogP contribution in [0, 0.1) is 34.4 Å². The molecule has 0 saturated carbocycles. The van der Waals surface area contributed by atoms with Crippen LogP contribution in [0.2, 0.25) is 0 Å². The summed E-state index contributed by atoms with van der Waals surface area (Å²) in [5, 5.41) is 22.5. The van der Waals surface area contributed by atoms with Crippen molar-refractivity contribution in [3.05, 3.63) is 59.1 Å². The van der Waals surface area contributed by atoms with E-state index in [0.717, 1.165) is 12.4 Å². The Labute approximate surface area is 279 Å². The number of benzene rings is 1. The van der Waals surface area contributed by atoms with Gasteiger partial charge in [0.25, 0.3) is 5.91 Å². The summed E-state index contributed by atoms with van der Waals surface area (Å²) in [4.78, 5) is 41.7. The minimum absolute atomic E-state index is 0.0246. The Kier molecular flexibility index (Phi) is 9.93. The number of halogens is 1. The van der Waals surface area contributed by atoms with Crippen molar-refractivity contribution in [2.45, 2.75) is 72.6 Å². The summed E-state index contributed by atoms with van der Waals surface area (Å²) in [6.45, 7) is 12.5. The van der Waals surface area contributed by atoms with Gasteiger partial charge in [-0.3, -0.25) is 9.69 Å². The molecule has 2 amide bonds. The summed E-state index contributed by atoms with van der Waals surface area (Å²) in [7, 11) is 0. The van der Waals surface area contributed by atoms with Gasteiger partial charge in [0.1, 0.15) is 29.1 Å².